The highest BCUT2D eigenvalue weighted by atomic mass is 16.3. The number of ketones is 1. The van der Waals surface area contributed by atoms with Gasteiger partial charge >= 0.3 is 0 Å². The van der Waals surface area contributed by atoms with Crippen LogP contribution in [0.2, 0.25) is 0 Å². The van der Waals surface area contributed by atoms with Crippen molar-refractivity contribution < 1.29 is 15.0 Å². The monoisotopic (exact) mass is 304 g/mol. The van der Waals surface area contributed by atoms with Crippen molar-refractivity contribution in [2.75, 3.05) is 0 Å². The van der Waals surface area contributed by atoms with Crippen LogP contribution >= 0.6 is 0 Å². The van der Waals surface area contributed by atoms with Crippen LogP contribution < -0.4 is 0 Å². The van der Waals surface area contributed by atoms with Crippen molar-refractivity contribution in [3.05, 3.63) is 11.6 Å². The molecule has 0 bridgehead atoms. The lowest BCUT2D eigenvalue weighted by Crippen LogP contribution is -2.50. The Labute approximate surface area is 132 Å². The zero-order valence-electron chi connectivity index (χ0n) is 13.7. The molecule has 0 aliphatic heterocycles. The van der Waals surface area contributed by atoms with Gasteiger partial charge in [-0.3, -0.25) is 4.79 Å². The second-order valence-electron chi connectivity index (χ2n) is 8.73. The summed E-state index contributed by atoms with van der Waals surface area (Å²) in [6.07, 6.45) is 8.00. The van der Waals surface area contributed by atoms with Gasteiger partial charge < -0.3 is 10.2 Å². The molecule has 22 heavy (non-hydrogen) atoms. The lowest BCUT2D eigenvalue weighted by molar-refractivity contribution is -0.136. The summed E-state index contributed by atoms with van der Waals surface area (Å²) in [5.74, 6) is 1.59. The number of carbonyl (C=O) groups excluding carboxylic acids is 1. The Hall–Kier alpha value is -0.670. The largest absolute Gasteiger partial charge is 0.393 e. The van der Waals surface area contributed by atoms with Crippen molar-refractivity contribution >= 4 is 5.78 Å². The summed E-state index contributed by atoms with van der Waals surface area (Å²) in [5, 5.41) is 20.1. The molecule has 0 radical (unpaired) electrons. The van der Waals surface area contributed by atoms with E-state index in [0.29, 0.717) is 24.2 Å². The molecule has 122 valence electrons. The summed E-state index contributed by atoms with van der Waals surface area (Å²) in [6.45, 7) is 4.48. The summed E-state index contributed by atoms with van der Waals surface area (Å²) < 4.78 is 0. The van der Waals surface area contributed by atoms with Crippen molar-refractivity contribution in [3.8, 4) is 0 Å². The fourth-order valence-corrected chi connectivity index (χ4v) is 6.43. The van der Waals surface area contributed by atoms with Gasteiger partial charge in [-0.25, -0.2) is 0 Å². The molecule has 7 atom stereocenters. The van der Waals surface area contributed by atoms with E-state index in [1.807, 2.05) is 0 Å². The Bertz CT molecular complexity index is 539. The minimum Gasteiger partial charge on any atom is -0.393 e. The van der Waals surface area contributed by atoms with Gasteiger partial charge in [-0.05, 0) is 68.1 Å². The molecule has 3 heteroatoms. The van der Waals surface area contributed by atoms with Crippen LogP contribution in [-0.2, 0) is 4.79 Å². The van der Waals surface area contributed by atoms with Gasteiger partial charge in [0, 0.05) is 5.41 Å². The fourth-order valence-electron chi connectivity index (χ4n) is 6.43. The second-order valence-corrected chi connectivity index (χ2v) is 8.73. The molecule has 0 saturated heterocycles. The molecule has 4 aliphatic rings. The zero-order valence-corrected chi connectivity index (χ0v) is 13.7. The van der Waals surface area contributed by atoms with Crippen LogP contribution in [0.3, 0.4) is 0 Å². The van der Waals surface area contributed by atoms with Crippen LogP contribution in [0, 0.1) is 28.6 Å². The molecule has 3 saturated carbocycles. The summed E-state index contributed by atoms with van der Waals surface area (Å²) in [6, 6.07) is 0. The average molecular weight is 304 g/mol. The van der Waals surface area contributed by atoms with Gasteiger partial charge in [-0.1, -0.05) is 25.5 Å². The van der Waals surface area contributed by atoms with Gasteiger partial charge in [0.25, 0.3) is 0 Å². The lowest BCUT2D eigenvalue weighted by atomic mass is 9.48. The molecule has 0 heterocycles. The van der Waals surface area contributed by atoms with Crippen molar-refractivity contribution in [1.29, 1.82) is 0 Å². The highest BCUT2D eigenvalue weighted by molar-refractivity contribution is 5.91. The third kappa shape index (κ3) is 1.78. The van der Waals surface area contributed by atoms with Gasteiger partial charge in [0.05, 0.1) is 6.10 Å². The Morgan fingerprint density at radius 1 is 1.09 bits per heavy atom. The standard InChI is InChI=1S/C19H28O3/c1-18-7-5-12(20)9-11(18)3-4-13-14(18)6-8-19(2)15(13)10-16(21)17(19)22/h3,12-16,20-21H,4-10H2,1-2H3/t12-,13+,14+,15-,16+,18+,19+/m0/s1. The summed E-state index contributed by atoms with van der Waals surface area (Å²) in [4.78, 5) is 12.4. The van der Waals surface area contributed by atoms with Crippen LogP contribution in [0.25, 0.3) is 0 Å². The van der Waals surface area contributed by atoms with Gasteiger partial charge in [-0.2, -0.15) is 0 Å². The van der Waals surface area contributed by atoms with Crippen molar-refractivity contribution in [1.82, 2.24) is 0 Å². The van der Waals surface area contributed by atoms with Gasteiger partial charge in [0.15, 0.2) is 5.78 Å². The van der Waals surface area contributed by atoms with E-state index >= 15 is 0 Å². The first-order valence-electron chi connectivity index (χ1n) is 8.96. The first kappa shape index (κ1) is 14.9. The molecule has 0 aromatic carbocycles. The number of aliphatic hydroxyl groups excluding tert-OH is 2. The van der Waals surface area contributed by atoms with Crippen LogP contribution in [-0.4, -0.2) is 28.2 Å². The molecule has 0 unspecified atom stereocenters. The summed E-state index contributed by atoms with van der Waals surface area (Å²) in [7, 11) is 0. The normalized spacial score (nSPS) is 54.3. The minimum atomic E-state index is -0.736. The molecule has 0 spiro atoms. The Balaban J connectivity index is 1.70. The number of fused-ring (bicyclic) bond motifs is 5. The van der Waals surface area contributed by atoms with Crippen LogP contribution in [0.5, 0.6) is 0 Å². The van der Waals surface area contributed by atoms with Crippen LogP contribution in [0.1, 0.15) is 58.8 Å². The van der Waals surface area contributed by atoms with Gasteiger partial charge in [-0.15, -0.1) is 0 Å². The molecule has 3 nitrogen and oxygen atoms in total. The third-order valence-electron chi connectivity index (χ3n) is 7.81. The maximum absolute atomic E-state index is 12.4. The molecule has 3 fully saturated rings. The highest BCUT2D eigenvalue weighted by Gasteiger charge is 2.60. The first-order valence-corrected chi connectivity index (χ1v) is 8.96. The van der Waals surface area contributed by atoms with Gasteiger partial charge in [0.1, 0.15) is 6.10 Å². The number of rotatable bonds is 0. The number of aliphatic hydroxyl groups is 2. The third-order valence-corrected chi connectivity index (χ3v) is 7.81. The molecular weight excluding hydrogens is 276 g/mol. The molecule has 2 N–H and O–H groups in total. The topological polar surface area (TPSA) is 57.5 Å². The first-order chi connectivity index (χ1) is 10.4. The molecule has 0 aromatic heterocycles. The highest BCUT2D eigenvalue weighted by Crippen LogP contribution is 2.63. The lowest BCUT2D eigenvalue weighted by Gasteiger charge is -2.56. The van der Waals surface area contributed by atoms with E-state index in [0.717, 1.165) is 38.5 Å². The van der Waals surface area contributed by atoms with E-state index < -0.39 is 6.10 Å². The number of hydrogen-bond donors (Lipinski definition) is 2. The van der Waals surface area contributed by atoms with Crippen molar-refractivity contribution in [3.63, 3.8) is 0 Å². The number of allylic oxidation sites excluding steroid dienone is 1. The fraction of sp³-hybridized carbons (Fsp3) is 0.842. The van der Waals surface area contributed by atoms with Crippen LogP contribution in [0.15, 0.2) is 11.6 Å². The smallest absolute Gasteiger partial charge is 0.167 e. The maximum atomic E-state index is 12.4. The summed E-state index contributed by atoms with van der Waals surface area (Å²) >= 11 is 0. The molecule has 0 amide bonds. The molecule has 4 aliphatic carbocycles. The van der Waals surface area contributed by atoms with E-state index in [9.17, 15) is 15.0 Å². The Morgan fingerprint density at radius 2 is 1.82 bits per heavy atom. The molecule has 0 aromatic rings. The number of carbonyl (C=O) groups is 1. The van der Waals surface area contributed by atoms with E-state index in [4.69, 9.17) is 0 Å². The average Bonchev–Trinajstić information content (AvgIpc) is 2.72. The SMILES string of the molecule is C[C@@]12CC[C@@H]3[C@@H](CC=C4C[C@@H](O)CC[C@]43C)[C@@H]1C[C@@H](O)C2=O. The number of Topliss-reactive ketones (excluding diaryl/α,β-unsaturated/α-hetero) is 1. The molecule has 4 rings (SSSR count). The van der Waals surface area contributed by atoms with E-state index in [1.165, 1.54) is 5.57 Å². The van der Waals surface area contributed by atoms with E-state index in [-0.39, 0.29) is 22.7 Å². The van der Waals surface area contributed by atoms with Crippen molar-refractivity contribution in [2.45, 2.75) is 71.0 Å². The molecular formula is C19H28O3. The quantitative estimate of drug-likeness (QED) is 0.677. The minimum absolute atomic E-state index is 0.0925. The predicted molar refractivity (Wildman–Crippen MR) is 84.1 cm³/mol. The van der Waals surface area contributed by atoms with Crippen molar-refractivity contribution in [2.24, 2.45) is 28.6 Å². The van der Waals surface area contributed by atoms with Crippen LogP contribution in [0.4, 0.5) is 0 Å². The summed E-state index contributed by atoms with van der Waals surface area (Å²) in [5.41, 5.74) is 1.37. The van der Waals surface area contributed by atoms with Gasteiger partial charge in [0.2, 0.25) is 0 Å². The predicted octanol–water partition coefficient (Wildman–Crippen LogP) is 2.85. The Kier molecular flexibility index (Phi) is 3.16. The second kappa shape index (κ2) is 4.67. The zero-order chi connectivity index (χ0) is 15.7. The maximum Gasteiger partial charge on any atom is 0.167 e. The Morgan fingerprint density at radius 3 is 2.59 bits per heavy atom. The van der Waals surface area contributed by atoms with E-state index in [1.54, 1.807) is 0 Å². The van der Waals surface area contributed by atoms with E-state index in [2.05, 4.69) is 19.9 Å². The number of hydrogen-bond acceptors (Lipinski definition) is 3.